The second kappa shape index (κ2) is 25.4. The molecule has 58 heavy (non-hydrogen) atoms. The number of rotatable bonds is 27. The van der Waals surface area contributed by atoms with E-state index in [-0.39, 0.29) is 32.3 Å². The largest absolute Gasteiger partial charge is 0.463 e. The Labute approximate surface area is 346 Å². The van der Waals surface area contributed by atoms with Crippen LogP contribution in [0.5, 0.6) is 0 Å². The first-order valence-corrected chi connectivity index (χ1v) is 22.0. The topological polar surface area (TPSA) is 181 Å². The molecule has 0 spiro atoms. The standard InChI is InChI=1S/C43H74O15/c1-9-13-17-18-22-26-34(47)54-39-37(53-33(46)25-21-16-12-4)35(52-32(45)24-20-15-11-3)29(27-49-31(44)23-19-14-10-2)51-41(39)55-40(48)38-36(57-43(7,8)58-38)30-28-50-42(5,6)56-30/h29-30,35-41,48H,9-28H2,1-8H3/t29-,30+,35-,36+,37+,38+,39+,40?,41+/m1/s1. The first-order valence-electron chi connectivity index (χ1n) is 22.0. The van der Waals surface area contributed by atoms with Gasteiger partial charge in [-0.2, -0.15) is 0 Å². The van der Waals surface area contributed by atoms with Crippen LogP contribution in [-0.2, 0) is 66.5 Å². The summed E-state index contributed by atoms with van der Waals surface area (Å²) in [4.78, 5) is 53.4. The lowest BCUT2D eigenvalue weighted by Crippen LogP contribution is -2.64. The predicted molar refractivity (Wildman–Crippen MR) is 211 cm³/mol. The first kappa shape index (κ1) is 50.0. The molecule has 3 heterocycles. The van der Waals surface area contributed by atoms with Crippen LogP contribution in [-0.4, -0.2) is 109 Å². The van der Waals surface area contributed by atoms with Crippen molar-refractivity contribution in [1.29, 1.82) is 0 Å². The molecule has 0 bridgehead atoms. The lowest BCUT2D eigenvalue weighted by molar-refractivity contribution is -0.347. The highest BCUT2D eigenvalue weighted by Gasteiger charge is 2.57. The molecule has 3 fully saturated rings. The Morgan fingerprint density at radius 2 is 1.09 bits per heavy atom. The molecule has 0 amide bonds. The van der Waals surface area contributed by atoms with Crippen molar-refractivity contribution in [3.63, 3.8) is 0 Å². The van der Waals surface area contributed by atoms with Crippen molar-refractivity contribution in [2.45, 2.75) is 238 Å². The Hall–Kier alpha value is -2.40. The summed E-state index contributed by atoms with van der Waals surface area (Å²) in [6.07, 6.45) is -0.119. The van der Waals surface area contributed by atoms with Gasteiger partial charge in [-0.1, -0.05) is 91.9 Å². The molecular weight excluding hydrogens is 756 g/mol. The van der Waals surface area contributed by atoms with Crippen LogP contribution in [0.4, 0.5) is 0 Å². The van der Waals surface area contributed by atoms with E-state index in [2.05, 4.69) is 6.92 Å². The summed E-state index contributed by atoms with van der Waals surface area (Å²) < 4.78 is 60.7. The SMILES string of the molecule is CCCCCCCC(=O)O[C@@H]1[C@H](OC(O)[C@H]2OC(C)(C)O[C@H]2[C@@H]2COC(C)(C)O2)O[C@H](COC(=O)CCCCC)[C@@H](OC(=O)CCCCC)[C@@H]1OC(=O)CCCCC. The van der Waals surface area contributed by atoms with Gasteiger partial charge in [-0.25, -0.2) is 0 Å². The number of aliphatic hydroxyl groups excluding tert-OH is 1. The Kier molecular flexibility index (Phi) is 21.9. The van der Waals surface area contributed by atoms with Crippen LogP contribution in [0.25, 0.3) is 0 Å². The molecule has 0 aliphatic carbocycles. The number of carbonyl (C=O) groups excluding carboxylic acids is 4. The van der Waals surface area contributed by atoms with Gasteiger partial charge < -0.3 is 52.5 Å². The number of aliphatic hydroxyl groups is 1. The van der Waals surface area contributed by atoms with Crippen LogP contribution >= 0.6 is 0 Å². The molecule has 0 saturated carbocycles. The third kappa shape index (κ3) is 16.9. The highest BCUT2D eigenvalue weighted by atomic mass is 16.8. The number of hydrogen-bond donors (Lipinski definition) is 1. The third-order valence-electron chi connectivity index (χ3n) is 10.4. The van der Waals surface area contributed by atoms with Crippen LogP contribution < -0.4 is 0 Å². The van der Waals surface area contributed by atoms with Crippen LogP contribution in [0.1, 0.15) is 171 Å². The quantitative estimate of drug-likeness (QED) is 0.0383. The fraction of sp³-hybridized carbons (Fsp3) is 0.907. The summed E-state index contributed by atoms with van der Waals surface area (Å²) in [7, 11) is 0. The van der Waals surface area contributed by atoms with Crippen molar-refractivity contribution in [3.8, 4) is 0 Å². The van der Waals surface area contributed by atoms with Gasteiger partial charge in [-0.15, -0.1) is 0 Å². The number of esters is 4. The molecule has 15 nitrogen and oxygen atoms in total. The number of ether oxygens (including phenoxy) is 10. The molecule has 3 rings (SSSR count). The highest BCUT2D eigenvalue weighted by molar-refractivity contribution is 5.72. The van der Waals surface area contributed by atoms with Gasteiger partial charge in [0, 0.05) is 25.7 Å². The van der Waals surface area contributed by atoms with Crippen molar-refractivity contribution in [2.24, 2.45) is 0 Å². The van der Waals surface area contributed by atoms with Gasteiger partial charge in [0.25, 0.3) is 0 Å². The lowest BCUT2D eigenvalue weighted by atomic mass is 9.97. The molecule has 336 valence electrons. The van der Waals surface area contributed by atoms with Crippen molar-refractivity contribution in [2.75, 3.05) is 13.2 Å². The zero-order valence-electron chi connectivity index (χ0n) is 36.5. The maximum Gasteiger partial charge on any atom is 0.306 e. The van der Waals surface area contributed by atoms with Gasteiger partial charge in [0.05, 0.1) is 6.61 Å². The van der Waals surface area contributed by atoms with E-state index in [9.17, 15) is 24.3 Å². The monoisotopic (exact) mass is 831 g/mol. The molecule has 0 aromatic rings. The minimum atomic E-state index is -1.77. The Bertz CT molecular complexity index is 1240. The van der Waals surface area contributed by atoms with E-state index in [1.54, 1.807) is 27.7 Å². The van der Waals surface area contributed by atoms with Crippen molar-refractivity contribution >= 4 is 23.9 Å². The second-order valence-corrected chi connectivity index (χ2v) is 16.6. The van der Waals surface area contributed by atoms with Gasteiger partial charge >= 0.3 is 23.9 Å². The fourth-order valence-corrected chi connectivity index (χ4v) is 7.25. The van der Waals surface area contributed by atoms with Crippen molar-refractivity contribution in [1.82, 2.24) is 0 Å². The number of hydrogen-bond acceptors (Lipinski definition) is 15. The summed E-state index contributed by atoms with van der Waals surface area (Å²) >= 11 is 0. The van der Waals surface area contributed by atoms with Crippen LogP contribution in [0.2, 0.25) is 0 Å². The van der Waals surface area contributed by atoms with Crippen molar-refractivity contribution < 1.29 is 71.7 Å². The lowest BCUT2D eigenvalue weighted by Gasteiger charge is -2.45. The molecule has 0 aromatic heterocycles. The summed E-state index contributed by atoms with van der Waals surface area (Å²) in [5.41, 5.74) is 0. The average molecular weight is 831 g/mol. The first-order chi connectivity index (χ1) is 27.6. The van der Waals surface area contributed by atoms with E-state index < -0.39 is 97.4 Å². The highest BCUT2D eigenvalue weighted by Crippen LogP contribution is 2.39. The Morgan fingerprint density at radius 1 is 0.603 bits per heavy atom. The number of unbranched alkanes of at least 4 members (excludes halogenated alkanes) is 10. The van der Waals surface area contributed by atoms with Gasteiger partial charge in [-0.05, 0) is 53.4 Å². The smallest absolute Gasteiger partial charge is 0.306 e. The van der Waals surface area contributed by atoms with Gasteiger partial charge in [0.15, 0.2) is 36.2 Å². The molecule has 15 heteroatoms. The molecule has 0 radical (unpaired) electrons. The second-order valence-electron chi connectivity index (χ2n) is 16.6. The molecule has 3 saturated heterocycles. The van der Waals surface area contributed by atoms with E-state index in [1.165, 1.54) is 0 Å². The third-order valence-corrected chi connectivity index (χ3v) is 10.4. The zero-order chi connectivity index (χ0) is 42.7. The van der Waals surface area contributed by atoms with E-state index in [0.29, 0.717) is 25.7 Å². The normalized spacial score (nSPS) is 28.2. The molecule has 0 aromatic carbocycles. The van der Waals surface area contributed by atoms with Crippen LogP contribution in [0.15, 0.2) is 0 Å². The van der Waals surface area contributed by atoms with Gasteiger partial charge in [0.1, 0.15) is 31.0 Å². The van der Waals surface area contributed by atoms with E-state index in [1.807, 2.05) is 20.8 Å². The molecule has 9 atom stereocenters. The van der Waals surface area contributed by atoms with E-state index >= 15 is 0 Å². The molecule has 1 N–H and O–H groups in total. The average Bonchev–Trinajstić information content (AvgIpc) is 3.70. The van der Waals surface area contributed by atoms with Gasteiger partial charge in [-0.3, -0.25) is 19.2 Å². The van der Waals surface area contributed by atoms with Crippen molar-refractivity contribution in [3.05, 3.63) is 0 Å². The molecule has 3 aliphatic heterocycles. The molecular formula is C43H74O15. The summed E-state index contributed by atoms with van der Waals surface area (Å²) in [5.74, 6) is -4.37. The summed E-state index contributed by atoms with van der Waals surface area (Å²) in [6.45, 7) is 14.8. The van der Waals surface area contributed by atoms with E-state index in [0.717, 1.165) is 64.2 Å². The minimum absolute atomic E-state index is 0.0511. The molecule has 1 unspecified atom stereocenters. The summed E-state index contributed by atoms with van der Waals surface area (Å²) in [5, 5.41) is 11.8. The zero-order valence-corrected chi connectivity index (χ0v) is 36.5. The number of carbonyl (C=O) groups is 4. The van der Waals surface area contributed by atoms with Crippen LogP contribution in [0.3, 0.4) is 0 Å². The van der Waals surface area contributed by atoms with Gasteiger partial charge in [0.2, 0.25) is 6.29 Å². The summed E-state index contributed by atoms with van der Waals surface area (Å²) in [6, 6.07) is 0. The maximum absolute atomic E-state index is 13.6. The molecule has 3 aliphatic rings. The predicted octanol–water partition coefficient (Wildman–Crippen LogP) is 7.10. The van der Waals surface area contributed by atoms with E-state index in [4.69, 9.17) is 47.4 Å². The maximum atomic E-state index is 13.6. The minimum Gasteiger partial charge on any atom is -0.463 e. The Balaban J connectivity index is 2.02. The van der Waals surface area contributed by atoms with Crippen LogP contribution in [0, 0.1) is 0 Å². The fourth-order valence-electron chi connectivity index (χ4n) is 7.25. The Morgan fingerprint density at radius 3 is 1.62 bits per heavy atom.